The molecule has 0 atom stereocenters. The van der Waals surface area contributed by atoms with Gasteiger partial charge in [-0.2, -0.15) is 8.42 Å². The summed E-state index contributed by atoms with van der Waals surface area (Å²) in [6.45, 7) is 0. The molecule has 1 aliphatic heterocycles. The number of nitrogens with two attached hydrogens (primary N) is 1. The van der Waals surface area contributed by atoms with E-state index in [1.165, 1.54) is 8.93 Å². The van der Waals surface area contributed by atoms with Crippen LogP contribution < -0.4 is 10.5 Å². The zero-order valence-corrected chi connectivity index (χ0v) is 11.1. The molecule has 0 aliphatic carbocycles. The predicted octanol–water partition coefficient (Wildman–Crippen LogP) is 1.50. The molecule has 1 heterocycles. The summed E-state index contributed by atoms with van der Waals surface area (Å²) in [6.07, 6.45) is 0. The van der Waals surface area contributed by atoms with Gasteiger partial charge in [0.2, 0.25) is 0 Å². The Morgan fingerprint density at radius 2 is 2.20 bits per heavy atom. The van der Waals surface area contributed by atoms with Crippen LogP contribution in [0, 0.1) is 0 Å². The maximum absolute atomic E-state index is 11.2. The zero-order chi connectivity index (χ0) is 11.1. The smallest absolute Gasteiger partial charge is 0.344 e. The van der Waals surface area contributed by atoms with Crippen molar-refractivity contribution in [2.45, 2.75) is 4.90 Å². The third-order valence-electron chi connectivity index (χ3n) is 1.82. The summed E-state index contributed by atoms with van der Waals surface area (Å²) >= 11 is 2.11. The van der Waals surface area contributed by atoms with E-state index in [-0.39, 0.29) is 5.84 Å². The van der Waals surface area contributed by atoms with Crippen molar-refractivity contribution in [3.63, 3.8) is 0 Å². The van der Waals surface area contributed by atoms with Crippen LogP contribution in [0.15, 0.2) is 27.5 Å². The number of nitrogens with one attached hydrogen (secondary N) is 1. The largest absolute Gasteiger partial charge is 0.382 e. The molecule has 1 aromatic rings. The van der Waals surface area contributed by atoms with Crippen molar-refractivity contribution in [2.75, 3.05) is 4.72 Å². The predicted molar refractivity (Wildman–Crippen MR) is 69.6 cm³/mol. The average molecular weight is 355 g/mol. The van der Waals surface area contributed by atoms with Gasteiger partial charge in [-0.25, -0.2) is 0 Å². The maximum Gasteiger partial charge on any atom is 0.344 e. The number of rotatable bonds is 1. The Kier molecular flexibility index (Phi) is 2.81. The number of benzene rings is 1. The highest BCUT2D eigenvalue weighted by molar-refractivity contribution is 14.2. The Bertz CT molecular complexity index is 541. The fraction of sp³-hybridized carbons (Fsp3) is 0. The minimum Gasteiger partial charge on any atom is -0.382 e. The molecular formula is C7H6IN3O2S2. The van der Waals surface area contributed by atoms with Gasteiger partial charge in [-0.3, -0.25) is 4.72 Å². The molecule has 1 aromatic carbocycles. The first-order chi connectivity index (χ1) is 7.03. The van der Waals surface area contributed by atoms with Gasteiger partial charge in [-0.1, -0.05) is 15.0 Å². The Hall–Kier alpha value is -0.480. The maximum atomic E-state index is 11.2. The van der Waals surface area contributed by atoms with E-state index in [1.807, 2.05) is 6.07 Å². The molecule has 80 valence electrons. The van der Waals surface area contributed by atoms with Crippen LogP contribution in [0.4, 0.5) is 5.69 Å². The lowest BCUT2D eigenvalue weighted by atomic mass is 10.1. The monoisotopic (exact) mass is 355 g/mol. The zero-order valence-electron chi connectivity index (χ0n) is 7.27. The number of hydrogen-bond donors (Lipinski definition) is 2. The van der Waals surface area contributed by atoms with Gasteiger partial charge in [-0.15, -0.1) is 4.40 Å². The minimum absolute atomic E-state index is 0.0310. The van der Waals surface area contributed by atoms with Crippen molar-refractivity contribution in [1.82, 2.24) is 0 Å². The summed E-state index contributed by atoms with van der Waals surface area (Å²) in [6, 6.07) is 5.28. The fourth-order valence-electron chi connectivity index (χ4n) is 1.28. The molecule has 3 N–H and O–H groups in total. The van der Waals surface area contributed by atoms with Crippen molar-refractivity contribution >= 4 is 51.9 Å². The van der Waals surface area contributed by atoms with E-state index in [9.17, 15) is 8.42 Å². The first-order valence-electron chi connectivity index (χ1n) is 3.83. The topological polar surface area (TPSA) is 84.5 Å². The number of halogens is 1. The van der Waals surface area contributed by atoms with Crippen molar-refractivity contribution in [3.8, 4) is 0 Å². The Morgan fingerprint density at radius 3 is 2.87 bits per heavy atom. The molecule has 0 unspecified atom stereocenters. The van der Waals surface area contributed by atoms with E-state index in [0.717, 1.165) is 4.90 Å². The number of hydrogen-bond acceptors (Lipinski definition) is 4. The van der Waals surface area contributed by atoms with Crippen molar-refractivity contribution in [2.24, 2.45) is 10.1 Å². The van der Waals surface area contributed by atoms with Crippen LogP contribution in [0.5, 0.6) is 0 Å². The lowest BCUT2D eigenvalue weighted by molar-refractivity contribution is 0.602. The molecule has 0 amide bonds. The highest BCUT2D eigenvalue weighted by Gasteiger charge is 2.23. The van der Waals surface area contributed by atoms with Crippen LogP contribution in [-0.2, 0) is 10.2 Å². The number of amidine groups is 1. The lowest BCUT2D eigenvalue weighted by Crippen LogP contribution is -2.26. The average Bonchev–Trinajstić information content (AvgIpc) is 2.14. The quantitative estimate of drug-likeness (QED) is 0.748. The van der Waals surface area contributed by atoms with E-state index < -0.39 is 10.2 Å². The molecule has 0 spiro atoms. The first-order valence-corrected chi connectivity index (χ1v) is 8.63. The second-order valence-electron chi connectivity index (χ2n) is 2.81. The molecule has 15 heavy (non-hydrogen) atoms. The van der Waals surface area contributed by atoms with Gasteiger partial charge in [-0.05, 0) is 12.1 Å². The molecule has 0 aromatic heterocycles. The molecule has 0 radical (unpaired) electrons. The number of fused-ring (bicyclic) bond motifs is 1. The summed E-state index contributed by atoms with van der Waals surface area (Å²) < 4.78 is 28.2. The second kappa shape index (κ2) is 3.83. The van der Waals surface area contributed by atoms with Gasteiger partial charge < -0.3 is 5.73 Å². The van der Waals surface area contributed by atoms with E-state index in [4.69, 9.17) is 5.73 Å². The third-order valence-corrected chi connectivity index (χ3v) is 4.67. The van der Waals surface area contributed by atoms with Crippen LogP contribution in [0.1, 0.15) is 5.56 Å². The van der Waals surface area contributed by atoms with Crippen LogP contribution in [-0.4, -0.2) is 14.3 Å². The fourth-order valence-corrected chi connectivity index (χ4v) is 3.65. The molecule has 2 rings (SSSR count). The van der Waals surface area contributed by atoms with Gasteiger partial charge in [0.05, 0.1) is 11.3 Å². The summed E-state index contributed by atoms with van der Waals surface area (Å²) in [5.74, 6) is 0.0310. The standard InChI is InChI=1S/C7H6IN3O2S2/c8-14-5-3-1-2-4-6(5)7(9)11-15(12,13)10-4/h1-3,10H,(H2,9,11). The lowest BCUT2D eigenvalue weighted by Gasteiger charge is -2.17. The van der Waals surface area contributed by atoms with Gasteiger partial charge in [0, 0.05) is 26.1 Å². The second-order valence-corrected chi connectivity index (χ2v) is 6.06. The van der Waals surface area contributed by atoms with Crippen molar-refractivity contribution < 1.29 is 8.42 Å². The molecule has 8 heteroatoms. The Morgan fingerprint density at radius 1 is 1.47 bits per heavy atom. The van der Waals surface area contributed by atoms with E-state index in [1.54, 1.807) is 12.1 Å². The van der Waals surface area contributed by atoms with E-state index >= 15 is 0 Å². The van der Waals surface area contributed by atoms with Gasteiger partial charge >= 0.3 is 10.2 Å². The molecule has 0 bridgehead atoms. The summed E-state index contributed by atoms with van der Waals surface area (Å²) in [5.41, 5.74) is 6.73. The SMILES string of the molecule is NC1=NS(=O)(=O)Nc2cccc(SI)c21. The van der Waals surface area contributed by atoms with Crippen LogP contribution in [0.25, 0.3) is 0 Å². The van der Waals surface area contributed by atoms with Gasteiger partial charge in [0.25, 0.3) is 0 Å². The Labute approximate surface area is 103 Å². The third kappa shape index (κ3) is 2.06. The van der Waals surface area contributed by atoms with Crippen molar-refractivity contribution in [1.29, 1.82) is 0 Å². The molecule has 0 saturated carbocycles. The number of nitrogens with zero attached hydrogens (tertiary/aromatic N) is 1. The van der Waals surface area contributed by atoms with Gasteiger partial charge in [0.15, 0.2) is 0 Å². The van der Waals surface area contributed by atoms with Crippen LogP contribution >= 0.6 is 30.1 Å². The van der Waals surface area contributed by atoms with Crippen LogP contribution in [0.3, 0.4) is 0 Å². The minimum atomic E-state index is -3.67. The summed E-state index contributed by atoms with van der Waals surface area (Å²) in [7, 11) is -2.21. The highest BCUT2D eigenvalue weighted by atomic mass is 127. The van der Waals surface area contributed by atoms with Crippen LogP contribution in [0.2, 0.25) is 0 Å². The first kappa shape index (κ1) is 11.0. The van der Waals surface area contributed by atoms with Crippen molar-refractivity contribution in [3.05, 3.63) is 23.8 Å². The van der Waals surface area contributed by atoms with E-state index in [2.05, 4.69) is 30.3 Å². The van der Waals surface area contributed by atoms with E-state index in [0.29, 0.717) is 11.3 Å². The molecular weight excluding hydrogens is 349 g/mol. The summed E-state index contributed by atoms with van der Waals surface area (Å²) in [5, 5.41) is 0. The normalized spacial score (nSPS) is 17.5. The molecule has 5 nitrogen and oxygen atoms in total. The molecule has 0 saturated heterocycles. The summed E-state index contributed by atoms with van der Waals surface area (Å²) in [4.78, 5) is 0.886. The highest BCUT2D eigenvalue weighted by Crippen LogP contribution is 2.34. The Balaban J connectivity index is 2.70. The molecule has 1 aliphatic rings. The van der Waals surface area contributed by atoms with Gasteiger partial charge in [0.1, 0.15) is 5.84 Å². The number of anilines is 1. The molecule has 0 fully saturated rings.